The van der Waals surface area contributed by atoms with Crippen LogP contribution in [0.4, 0.5) is 5.13 Å². The van der Waals surface area contributed by atoms with Crippen LogP contribution in [-0.4, -0.2) is 23.2 Å². The lowest BCUT2D eigenvalue weighted by Crippen LogP contribution is -2.29. The number of hydrogen-bond donors (Lipinski definition) is 0. The van der Waals surface area contributed by atoms with Gasteiger partial charge in [-0.15, -0.1) is 10.2 Å². The molecular formula is C22H16BrN3O4S. The lowest BCUT2D eigenvalue weighted by molar-refractivity contribution is 0.0970. The quantitative estimate of drug-likeness (QED) is 0.405. The monoisotopic (exact) mass is 497 g/mol. The Morgan fingerprint density at radius 2 is 1.94 bits per heavy atom. The number of ether oxygens (including phenoxy) is 1. The maximum atomic E-state index is 13.5. The van der Waals surface area contributed by atoms with E-state index in [0.29, 0.717) is 33.8 Å². The van der Waals surface area contributed by atoms with Gasteiger partial charge >= 0.3 is 0 Å². The van der Waals surface area contributed by atoms with E-state index in [0.717, 1.165) is 15.0 Å². The van der Waals surface area contributed by atoms with Crippen molar-refractivity contribution in [3.63, 3.8) is 0 Å². The van der Waals surface area contributed by atoms with E-state index in [9.17, 15) is 9.59 Å². The van der Waals surface area contributed by atoms with E-state index in [1.807, 2.05) is 19.1 Å². The van der Waals surface area contributed by atoms with Crippen molar-refractivity contribution in [3.05, 3.63) is 79.1 Å². The number of hydrogen-bond acceptors (Lipinski definition) is 7. The van der Waals surface area contributed by atoms with Crippen molar-refractivity contribution >= 4 is 49.3 Å². The first-order chi connectivity index (χ1) is 15.0. The van der Waals surface area contributed by atoms with Crippen molar-refractivity contribution in [2.24, 2.45) is 0 Å². The highest BCUT2D eigenvalue weighted by molar-refractivity contribution is 9.10. The van der Waals surface area contributed by atoms with Gasteiger partial charge in [-0.05, 0) is 42.3 Å². The smallest absolute Gasteiger partial charge is 0.297 e. The number of benzene rings is 2. The summed E-state index contributed by atoms with van der Waals surface area (Å²) < 4.78 is 12.0. The summed E-state index contributed by atoms with van der Waals surface area (Å²) in [6, 6.07) is 11.8. The molecule has 0 bridgehead atoms. The number of aryl methyl sites for hydroxylation is 1. The van der Waals surface area contributed by atoms with Gasteiger partial charge in [-0.2, -0.15) is 0 Å². The molecular weight excluding hydrogens is 482 g/mol. The van der Waals surface area contributed by atoms with Gasteiger partial charge in [0.1, 0.15) is 16.3 Å². The first kappa shape index (κ1) is 19.9. The fraction of sp³-hybridized carbons (Fsp3) is 0.182. The average Bonchev–Trinajstić information content (AvgIpc) is 3.37. The summed E-state index contributed by atoms with van der Waals surface area (Å²) in [6.45, 7) is 1.97. The standard InChI is InChI=1S/C22H16BrN3O4S/c1-3-16-24-25-22(31-16)26-18(11-4-7-13(29-2)8-5-11)17-19(27)14-10-12(23)6-9-15(14)30-20(17)21(26)28/h4-10,18H,3H2,1-2H3. The molecule has 7 nitrogen and oxygen atoms in total. The summed E-state index contributed by atoms with van der Waals surface area (Å²) in [5.41, 5.74) is 1.17. The molecule has 1 atom stereocenters. The van der Waals surface area contributed by atoms with Crippen LogP contribution in [0.1, 0.15) is 39.7 Å². The van der Waals surface area contributed by atoms with Crippen LogP contribution < -0.4 is 15.1 Å². The van der Waals surface area contributed by atoms with Gasteiger partial charge < -0.3 is 9.15 Å². The third kappa shape index (κ3) is 3.16. The third-order valence-corrected chi connectivity index (χ3v) is 6.79. The molecule has 5 rings (SSSR count). The molecule has 1 amide bonds. The van der Waals surface area contributed by atoms with E-state index >= 15 is 0 Å². The van der Waals surface area contributed by atoms with Crippen LogP contribution in [0.2, 0.25) is 0 Å². The van der Waals surface area contributed by atoms with Gasteiger partial charge in [0.25, 0.3) is 5.91 Å². The molecule has 2 aromatic carbocycles. The van der Waals surface area contributed by atoms with Crippen LogP contribution in [0.15, 0.2) is 56.1 Å². The lowest BCUT2D eigenvalue weighted by atomic mass is 9.98. The molecule has 2 aromatic heterocycles. The van der Waals surface area contributed by atoms with E-state index < -0.39 is 11.9 Å². The molecule has 4 aromatic rings. The molecule has 9 heteroatoms. The Labute approximate surface area is 189 Å². The van der Waals surface area contributed by atoms with Crippen LogP contribution >= 0.6 is 27.3 Å². The fourth-order valence-electron chi connectivity index (χ4n) is 3.73. The Hall–Kier alpha value is -3.04. The van der Waals surface area contributed by atoms with Gasteiger partial charge in [-0.1, -0.05) is 46.3 Å². The molecule has 0 saturated heterocycles. The highest BCUT2D eigenvalue weighted by Crippen LogP contribution is 2.42. The second-order valence-corrected chi connectivity index (χ2v) is 8.95. The van der Waals surface area contributed by atoms with Crippen molar-refractivity contribution in [3.8, 4) is 5.75 Å². The van der Waals surface area contributed by atoms with E-state index in [4.69, 9.17) is 9.15 Å². The molecule has 0 radical (unpaired) electrons. The minimum Gasteiger partial charge on any atom is -0.497 e. The van der Waals surface area contributed by atoms with Crippen LogP contribution in [0.3, 0.4) is 0 Å². The number of rotatable bonds is 4. The predicted octanol–water partition coefficient (Wildman–Crippen LogP) is 4.73. The molecule has 0 spiro atoms. The largest absolute Gasteiger partial charge is 0.497 e. The van der Waals surface area contributed by atoms with Crippen LogP contribution in [0, 0.1) is 0 Å². The summed E-state index contributed by atoms with van der Waals surface area (Å²) in [6.07, 6.45) is 0.703. The number of fused-ring (bicyclic) bond motifs is 2. The van der Waals surface area contributed by atoms with Crippen molar-refractivity contribution < 1.29 is 13.9 Å². The first-order valence-electron chi connectivity index (χ1n) is 9.58. The van der Waals surface area contributed by atoms with Crippen molar-refractivity contribution in [2.75, 3.05) is 12.0 Å². The third-order valence-electron chi connectivity index (χ3n) is 5.23. The normalized spacial score (nSPS) is 15.5. The van der Waals surface area contributed by atoms with Gasteiger partial charge in [0, 0.05) is 4.47 Å². The summed E-state index contributed by atoms with van der Waals surface area (Å²) in [4.78, 5) is 28.5. The van der Waals surface area contributed by atoms with Crippen LogP contribution in [-0.2, 0) is 6.42 Å². The molecule has 0 fully saturated rings. The van der Waals surface area contributed by atoms with Gasteiger partial charge in [0.05, 0.1) is 24.1 Å². The van der Waals surface area contributed by atoms with E-state index in [1.165, 1.54) is 16.2 Å². The zero-order chi connectivity index (χ0) is 21.7. The zero-order valence-electron chi connectivity index (χ0n) is 16.6. The minimum atomic E-state index is -0.675. The van der Waals surface area contributed by atoms with E-state index in [-0.39, 0.29) is 11.2 Å². The van der Waals surface area contributed by atoms with E-state index in [2.05, 4.69) is 26.1 Å². The molecule has 3 heterocycles. The number of methoxy groups -OCH3 is 1. The van der Waals surface area contributed by atoms with Gasteiger partial charge in [-0.25, -0.2) is 0 Å². The molecule has 156 valence electrons. The Kier molecular flexibility index (Phi) is 4.86. The summed E-state index contributed by atoms with van der Waals surface area (Å²) >= 11 is 4.74. The lowest BCUT2D eigenvalue weighted by Gasteiger charge is -2.22. The van der Waals surface area contributed by atoms with Gasteiger partial charge in [-0.3, -0.25) is 14.5 Å². The number of aromatic nitrogens is 2. The van der Waals surface area contributed by atoms with Gasteiger partial charge in [0.2, 0.25) is 10.9 Å². The highest BCUT2D eigenvalue weighted by atomic mass is 79.9. The Morgan fingerprint density at radius 3 is 2.61 bits per heavy atom. The van der Waals surface area contributed by atoms with Crippen molar-refractivity contribution in [1.29, 1.82) is 0 Å². The average molecular weight is 498 g/mol. The van der Waals surface area contributed by atoms with Crippen LogP contribution in [0.5, 0.6) is 5.75 Å². The molecule has 0 N–H and O–H groups in total. The van der Waals surface area contributed by atoms with Crippen LogP contribution in [0.25, 0.3) is 11.0 Å². The van der Waals surface area contributed by atoms with Crippen molar-refractivity contribution in [2.45, 2.75) is 19.4 Å². The maximum Gasteiger partial charge on any atom is 0.297 e. The molecule has 0 saturated carbocycles. The zero-order valence-corrected chi connectivity index (χ0v) is 19.0. The van der Waals surface area contributed by atoms with E-state index in [1.54, 1.807) is 37.4 Å². The predicted molar refractivity (Wildman–Crippen MR) is 121 cm³/mol. The molecule has 1 aliphatic heterocycles. The number of nitrogens with zero attached hydrogens (tertiary/aromatic N) is 3. The fourth-order valence-corrected chi connectivity index (χ4v) is 4.90. The highest BCUT2D eigenvalue weighted by Gasteiger charge is 2.45. The molecule has 1 aliphatic rings. The summed E-state index contributed by atoms with van der Waals surface area (Å²) in [7, 11) is 1.59. The SMILES string of the molecule is CCc1nnc(N2C(=O)c3oc4ccc(Br)cc4c(=O)c3C2c2ccc(OC)cc2)s1. The number of anilines is 1. The van der Waals surface area contributed by atoms with Crippen molar-refractivity contribution in [1.82, 2.24) is 10.2 Å². The second-order valence-electron chi connectivity index (χ2n) is 7.00. The number of carbonyl (C=O) groups is 1. The topological polar surface area (TPSA) is 85.5 Å². The number of amides is 1. The van der Waals surface area contributed by atoms with Gasteiger partial charge in [0.15, 0.2) is 5.43 Å². The Morgan fingerprint density at radius 1 is 1.16 bits per heavy atom. The molecule has 31 heavy (non-hydrogen) atoms. The number of halogens is 1. The summed E-state index contributed by atoms with van der Waals surface area (Å²) in [5, 5.41) is 10.0. The Bertz CT molecular complexity index is 1380. The summed E-state index contributed by atoms with van der Waals surface area (Å²) in [5.74, 6) is 0.309. The first-order valence-corrected chi connectivity index (χ1v) is 11.2. The Balaban J connectivity index is 1.78. The minimum absolute atomic E-state index is 0.0360. The number of carbonyl (C=O) groups excluding carboxylic acids is 1. The molecule has 1 unspecified atom stereocenters. The maximum absolute atomic E-state index is 13.5. The molecule has 0 aliphatic carbocycles. The second kappa shape index (κ2) is 7.58.